The van der Waals surface area contributed by atoms with Crippen LogP contribution >= 0.6 is 0 Å². The second kappa shape index (κ2) is 6.55. The van der Waals surface area contributed by atoms with E-state index in [1.54, 1.807) is 6.92 Å². The van der Waals surface area contributed by atoms with Crippen LogP contribution in [0.4, 0.5) is 0 Å². The lowest BCUT2D eigenvalue weighted by Crippen LogP contribution is -2.34. The van der Waals surface area contributed by atoms with Gasteiger partial charge in [-0.05, 0) is 38.5 Å². The molecule has 0 N–H and O–H groups in total. The molecule has 0 bridgehead atoms. The molecule has 1 unspecified atom stereocenters. The zero-order valence-corrected chi connectivity index (χ0v) is 12.3. The predicted octanol–water partition coefficient (Wildman–Crippen LogP) is 2.32. The number of rotatable bonds is 5. The van der Waals surface area contributed by atoms with Crippen LogP contribution in [0.25, 0.3) is 0 Å². The molecule has 0 heterocycles. The molecule has 1 saturated carbocycles. The molecule has 0 saturated heterocycles. The Balaban J connectivity index is 2.61. The van der Waals surface area contributed by atoms with Crippen LogP contribution < -0.4 is 0 Å². The first-order valence-corrected chi connectivity index (χ1v) is 8.32. The second-order valence-corrected chi connectivity index (χ2v) is 7.88. The predicted molar refractivity (Wildman–Crippen MR) is 71.1 cm³/mol. The number of hydrogen-bond acceptors (Lipinski definition) is 4. The minimum absolute atomic E-state index is 0.0352. The molecule has 0 spiro atoms. The van der Waals surface area contributed by atoms with Gasteiger partial charge in [-0.1, -0.05) is 13.3 Å². The van der Waals surface area contributed by atoms with Crippen LogP contribution in [0.2, 0.25) is 0 Å². The molecule has 0 amide bonds. The average Bonchev–Trinajstić information content (AvgIpc) is 2.38. The summed E-state index contributed by atoms with van der Waals surface area (Å²) in [5.41, 5.74) is 0. The third kappa shape index (κ3) is 3.70. The van der Waals surface area contributed by atoms with Gasteiger partial charge in [-0.25, -0.2) is 8.42 Å². The number of carbonyl (C=O) groups is 1. The van der Waals surface area contributed by atoms with Crippen molar-refractivity contribution < 1.29 is 17.9 Å². The second-order valence-electron chi connectivity index (χ2n) is 5.23. The quantitative estimate of drug-likeness (QED) is 0.723. The number of methoxy groups -OCH3 is 1. The molecule has 1 rings (SSSR count). The third-order valence-electron chi connectivity index (χ3n) is 4.08. The number of esters is 1. The molecule has 0 aliphatic heterocycles. The van der Waals surface area contributed by atoms with E-state index in [4.69, 9.17) is 0 Å². The van der Waals surface area contributed by atoms with E-state index in [9.17, 15) is 13.2 Å². The zero-order chi connectivity index (χ0) is 13.8. The molecule has 1 fully saturated rings. The molecule has 0 aromatic rings. The Bertz CT molecular complexity index is 366. The van der Waals surface area contributed by atoms with Crippen molar-refractivity contribution in [1.29, 1.82) is 0 Å². The Labute approximate surface area is 110 Å². The average molecular weight is 276 g/mol. The summed E-state index contributed by atoms with van der Waals surface area (Å²) < 4.78 is 29.2. The molecular formula is C13H24O4S. The first kappa shape index (κ1) is 15.5. The maximum absolute atomic E-state index is 12.3. The molecule has 106 valence electrons. The monoisotopic (exact) mass is 276 g/mol. The Morgan fingerprint density at radius 2 is 1.83 bits per heavy atom. The number of sulfone groups is 1. The first-order valence-electron chi connectivity index (χ1n) is 6.71. The molecule has 1 atom stereocenters. The topological polar surface area (TPSA) is 60.4 Å². The van der Waals surface area contributed by atoms with Crippen LogP contribution in [0.1, 0.15) is 52.4 Å². The highest BCUT2D eigenvalue weighted by atomic mass is 32.2. The Kier molecular flexibility index (Phi) is 5.63. The molecular weight excluding hydrogens is 252 g/mol. The van der Waals surface area contributed by atoms with Crippen molar-refractivity contribution in [3.8, 4) is 0 Å². The number of ether oxygens (including phenoxy) is 1. The van der Waals surface area contributed by atoms with Crippen molar-refractivity contribution in [2.24, 2.45) is 5.92 Å². The summed E-state index contributed by atoms with van der Waals surface area (Å²) in [6.45, 7) is 3.76. The van der Waals surface area contributed by atoms with Gasteiger partial charge in [0.25, 0.3) is 0 Å². The van der Waals surface area contributed by atoms with E-state index < -0.39 is 21.1 Å². The summed E-state index contributed by atoms with van der Waals surface area (Å²) >= 11 is 0. The van der Waals surface area contributed by atoms with E-state index in [1.165, 1.54) is 7.11 Å². The number of hydrogen-bond donors (Lipinski definition) is 0. The van der Waals surface area contributed by atoms with Crippen molar-refractivity contribution in [2.75, 3.05) is 7.11 Å². The van der Waals surface area contributed by atoms with E-state index >= 15 is 0 Å². The molecule has 18 heavy (non-hydrogen) atoms. The fourth-order valence-corrected chi connectivity index (χ4v) is 4.59. The molecule has 1 aliphatic carbocycles. The lowest BCUT2D eigenvalue weighted by atomic mass is 9.87. The normalized spacial score (nSPS) is 26.6. The van der Waals surface area contributed by atoms with Gasteiger partial charge in [0.15, 0.2) is 9.84 Å². The van der Waals surface area contributed by atoms with Crippen LogP contribution in [0.15, 0.2) is 0 Å². The van der Waals surface area contributed by atoms with Crippen LogP contribution in [0, 0.1) is 5.92 Å². The van der Waals surface area contributed by atoms with E-state index in [1.807, 2.05) is 0 Å². The third-order valence-corrected chi connectivity index (χ3v) is 6.77. The fraction of sp³-hybridized carbons (Fsp3) is 0.923. The summed E-state index contributed by atoms with van der Waals surface area (Å²) in [5, 5.41) is -0.895. The van der Waals surface area contributed by atoms with Gasteiger partial charge in [0.1, 0.15) is 0 Å². The molecule has 0 radical (unpaired) electrons. The van der Waals surface area contributed by atoms with Gasteiger partial charge in [-0.2, -0.15) is 0 Å². The van der Waals surface area contributed by atoms with Crippen molar-refractivity contribution in [1.82, 2.24) is 0 Å². The summed E-state index contributed by atoms with van der Waals surface area (Å²) in [7, 11) is -1.91. The van der Waals surface area contributed by atoms with E-state index in [0.29, 0.717) is 5.92 Å². The van der Waals surface area contributed by atoms with Gasteiger partial charge >= 0.3 is 5.97 Å². The largest absolute Gasteiger partial charge is 0.469 e. The summed E-state index contributed by atoms with van der Waals surface area (Å²) in [4.78, 5) is 11.2. The maximum atomic E-state index is 12.3. The summed E-state index contributed by atoms with van der Waals surface area (Å²) in [6.07, 6.45) is 4.56. The highest BCUT2D eigenvalue weighted by molar-refractivity contribution is 7.92. The minimum Gasteiger partial charge on any atom is -0.469 e. The highest BCUT2D eigenvalue weighted by Gasteiger charge is 2.35. The lowest BCUT2D eigenvalue weighted by Gasteiger charge is -2.29. The van der Waals surface area contributed by atoms with Gasteiger partial charge in [0.05, 0.1) is 24.0 Å². The van der Waals surface area contributed by atoms with Crippen molar-refractivity contribution in [3.63, 3.8) is 0 Å². The summed E-state index contributed by atoms with van der Waals surface area (Å²) in [5.74, 6) is 0.223. The van der Waals surface area contributed by atoms with Gasteiger partial charge < -0.3 is 4.74 Å². The zero-order valence-electron chi connectivity index (χ0n) is 11.5. The first-order chi connectivity index (χ1) is 8.41. The smallest absolute Gasteiger partial charge is 0.306 e. The van der Waals surface area contributed by atoms with Crippen LogP contribution in [-0.2, 0) is 19.4 Å². The van der Waals surface area contributed by atoms with Crippen molar-refractivity contribution >= 4 is 15.8 Å². The Morgan fingerprint density at radius 3 is 2.28 bits per heavy atom. The van der Waals surface area contributed by atoms with E-state index in [0.717, 1.165) is 32.1 Å². The van der Waals surface area contributed by atoms with Gasteiger partial charge in [0.2, 0.25) is 0 Å². The number of carbonyl (C=O) groups excluding carboxylic acids is 1. The standard InChI is InChI=1S/C13H24O4S/c1-4-11-5-7-12(8-6-11)18(15,16)10(2)9-13(14)17-3/h10-12H,4-9H2,1-3H3. The Morgan fingerprint density at radius 1 is 1.28 bits per heavy atom. The van der Waals surface area contributed by atoms with Crippen molar-refractivity contribution in [3.05, 3.63) is 0 Å². The van der Waals surface area contributed by atoms with Crippen LogP contribution in [-0.4, -0.2) is 32.0 Å². The molecule has 5 heteroatoms. The van der Waals surface area contributed by atoms with E-state index in [-0.39, 0.29) is 11.7 Å². The molecule has 4 nitrogen and oxygen atoms in total. The molecule has 1 aliphatic rings. The highest BCUT2D eigenvalue weighted by Crippen LogP contribution is 2.32. The fourth-order valence-electron chi connectivity index (χ4n) is 2.63. The van der Waals surface area contributed by atoms with Gasteiger partial charge in [0, 0.05) is 0 Å². The van der Waals surface area contributed by atoms with Crippen LogP contribution in [0.5, 0.6) is 0 Å². The van der Waals surface area contributed by atoms with Gasteiger partial charge in [-0.15, -0.1) is 0 Å². The molecule has 0 aromatic carbocycles. The van der Waals surface area contributed by atoms with Crippen molar-refractivity contribution in [2.45, 2.75) is 62.9 Å². The maximum Gasteiger partial charge on any atom is 0.306 e. The van der Waals surface area contributed by atoms with Crippen LogP contribution in [0.3, 0.4) is 0 Å². The summed E-state index contributed by atoms with van der Waals surface area (Å²) in [6, 6.07) is 0. The lowest BCUT2D eigenvalue weighted by molar-refractivity contribution is -0.140. The van der Waals surface area contributed by atoms with E-state index in [2.05, 4.69) is 11.7 Å². The Hall–Kier alpha value is -0.580. The molecule has 0 aromatic heterocycles. The minimum atomic E-state index is -3.20. The van der Waals surface area contributed by atoms with Gasteiger partial charge in [-0.3, -0.25) is 4.79 Å². The SMILES string of the molecule is CCC1CCC(S(=O)(=O)C(C)CC(=O)OC)CC1.